The van der Waals surface area contributed by atoms with E-state index in [9.17, 15) is 8.78 Å². The van der Waals surface area contributed by atoms with Crippen LogP contribution in [0.25, 0.3) is 31.7 Å². The molecule has 0 spiro atoms. The first-order valence-corrected chi connectivity index (χ1v) is 8.96. The highest BCUT2D eigenvalue weighted by Gasteiger charge is 2.19. The fourth-order valence-electron chi connectivity index (χ4n) is 2.76. The highest BCUT2D eigenvalue weighted by molar-refractivity contribution is 7.25. The topological polar surface area (TPSA) is 47.9 Å². The molecule has 0 aliphatic heterocycles. The van der Waals surface area contributed by atoms with Gasteiger partial charge in [-0.25, -0.2) is 18.7 Å². The molecule has 0 saturated carbocycles. The molecule has 132 valence electrons. The number of aromatic nitrogens is 3. The van der Waals surface area contributed by atoms with Crippen LogP contribution < -0.4 is 4.74 Å². The van der Waals surface area contributed by atoms with Crippen LogP contribution >= 0.6 is 22.9 Å². The Morgan fingerprint density at radius 2 is 1.92 bits per heavy atom. The lowest BCUT2D eigenvalue weighted by Crippen LogP contribution is -2.08. The maximum absolute atomic E-state index is 12.5. The van der Waals surface area contributed by atoms with Crippen molar-refractivity contribution < 1.29 is 13.5 Å². The smallest absolute Gasteiger partial charge is 0.272 e. The van der Waals surface area contributed by atoms with Gasteiger partial charge in [0.15, 0.2) is 6.61 Å². The Kier molecular flexibility index (Phi) is 4.42. The van der Waals surface area contributed by atoms with Crippen molar-refractivity contribution in [2.24, 2.45) is 0 Å². The van der Waals surface area contributed by atoms with E-state index in [-0.39, 0.29) is 11.2 Å². The average molecular weight is 392 g/mol. The molecule has 4 aromatic rings. The zero-order valence-corrected chi connectivity index (χ0v) is 15.1. The molecule has 0 aliphatic rings. The molecule has 0 saturated heterocycles. The molecule has 4 nitrogen and oxygen atoms in total. The van der Waals surface area contributed by atoms with E-state index in [0.717, 1.165) is 27.0 Å². The van der Waals surface area contributed by atoms with Crippen molar-refractivity contribution in [3.05, 3.63) is 47.2 Å². The molecule has 0 N–H and O–H groups in total. The van der Waals surface area contributed by atoms with Gasteiger partial charge in [-0.05, 0) is 30.2 Å². The summed E-state index contributed by atoms with van der Waals surface area (Å²) in [4.78, 5) is 13.7. The lowest BCUT2D eigenvalue weighted by molar-refractivity contribution is 0.0805. The molecule has 1 aromatic carbocycles. The van der Waals surface area contributed by atoms with Gasteiger partial charge in [0.25, 0.3) is 6.43 Å². The third kappa shape index (κ3) is 3.08. The first-order valence-electron chi connectivity index (χ1n) is 7.76. The number of rotatable bonds is 4. The largest absolute Gasteiger partial charge is 0.470 e. The summed E-state index contributed by atoms with van der Waals surface area (Å²) in [7, 11) is 0. The van der Waals surface area contributed by atoms with E-state index < -0.39 is 13.0 Å². The number of hydrogen-bond donors (Lipinski definition) is 0. The van der Waals surface area contributed by atoms with Crippen LogP contribution in [0.15, 0.2) is 36.4 Å². The normalized spacial score (nSPS) is 11.6. The molecule has 0 radical (unpaired) electrons. The van der Waals surface area contributed by atoms with E-state index in [1.807, 2.05) is 43.3 Å². The molecule has 0 atom stereocenters. The van der Waals surface area contributed by atoms with E-state index in [1.54, 1.807) is 0 Å². The zero-order valence-electron chi connectivity index (χ0n) is 13.5. The van der Waals surface area contributed by atoms with Crippen molar-refractivity contribution in [1.82, 2.24) is 15.0 Å². The maximum Gasteiger partial charge on any atom is 0.272 e. The molecule has 3 heterocycles. The standard InChI is InChI=1S/C18H12ClF2N3OS/c1-9-7-11(10-5-3-2-4-6-10)22-17-13(9)14-15(26-17)16(24-18(19)23-14)25-8-12(20)21/h2-7,12H,8H2,1H3. The molecule has 0 aliphatic carbocycles. The van der Waals surface area contributed by atoms with Crippen LogP contribution in [0.4, 0.5) is 8.78 Å². The quantitative estimate of drug-likeness (QED) is 0.430. The van der Waals surface area contributed by atoms with Gasteiger partial charge in [-0.15, -0.1) is 11.3 Å². The Labute approximate surface area is 156 Å². The summed E-state index contributed by atoms with van der Waals surface area (Å²) >= 11 is 7.28. The predicted molar refractivity (Wildman–Crippen MR) is 99.4 cm³/mol. The first kappa shape index (κ1) is 17.1. The van der Waals surface area contributed by atoms with E-state index in [1.165, 1.54) is 11.3 Å². The van der Waals surface area contributed by atoms with Crippen molar-refractivity contribution >= 4 is 43.4 Å². The number of pyridine rings is 1. The van der Waals surface area contributed by atoms with Gasteiger partial charge in [0, 0.05) is 10.9 Å². The summed E-state index contributed by atoms with van der Waals surface area (Å²) < 4.78 is 30.7. The second kappa shape index (κ2) is 6.74. The lowest BCUT2D eigenvalue weighted by Gasteiger charge is -2.05. The number of aryl methyl sites for hydroxylation is 1. The molecule has 3 aromatic heterocycles. The SMILES string of the molecule is Cc1cc(-c2ccccc2)nc2sc3c(OCC(F)F)nc(Cl)nc3c12. The summed E-state index contributed by atoms with van der Waals surface area (Å²) in [5, 5.41) is 0.781. The van der Waals surface area contributed by atoms with Crippen molar-refractivity contribution in [3.8, 4) is 17.1 Å². The first-order chi connectivity index (χ1) is 12.5. The average Bonchev–Trinajstić information content (AvgIpc) is 2.99. The van der Waals surface area contributed by atoms with Gasteiger partial charge in [-0.1, -0.05) is 30.3 Å². The molecule has 0 bridgehead atoms. The van der Waals surface area contributed by atoms with Crippen LogP contribution in [0.2, 0.25) is 5.28 Å². The number of hydrogen-bond acceptors (Lipinski definition) is 5. The summed E-state index contributed by atoms with van der Waals surface area (Å²) in [6.45, 7) is 1.21. The Morgan fingerprint density at radius 3 is 2.65 bits per heavy atom. The van der Waals surface area contributed by atoms with Crippen LogP contribution in [0.5, 0.6) is 5.88 Å². The second-order valence-corrected chi connectivity index (χ2v) is 6.99. The fourth-order valence-corrected chi connectivity index (χ4v) is 4.06. The number of thiophene rings is 1. The fraction of sp³-hybridized carbons (Fsp3) is 0.167. The molecule has 26 heavy (non-hydrogen) atoms. The lowest BCUT2D eigenvalue weighted by atomic mass is 10.1. The van der Waals surface area contributed by atoms with Crippen molar-refractivity contribution in [1.29, 1.82) is 0 Å². The van der Waals surface area contributed by atoms with Gasteiger partial charge in [0.2, 0.25) is 11.2 Å². The van der Waals surface area contributed by atoms with Gasteiger partial charge < -0.3 is 4.74 Å². The summed E-state index contributed by atoms with van der Waals surface area (Å²) in [5.41, 5.74) is 3.36. The van der Waals surface area contributed by atoms with Crippen molar-refractivity contribution in [2.75, 3.05) is 6.61 Å². The van der Waals surface area contributed by atoms with Crippen LogP contribution in [0.3, 0.4) is 0 Å². The number of fused-ring (bicyclic) bond motifs is 3. The molecular formula is C18H12ClF2N3OS. The molecule has 8 heteroatoms. The molecule has 4 rings (SSSR count). The van der Waals surface area contributed by atoms with Crippen LogP contribution in [0, 0.1) is 6.92 Å². The number of benzene rings is 1. The van der Waals surface area contributed by atoms with E-state index >= 15 is 0 Å². The second-order valence-electron chi connectivity index (χ2n) is 5.65. The summed E-state index contributed by atoms with van der Waals surface area (Å²) in [6.07, 6.45) is -2.60. The van der Waals surface area contributed by atoms with E-state index in [0.29, 0.717) is 10.2 Å². The maximum atomic E-state index is 12.5. The van der Waals surface area contributed by atoms with Gasteiger partial charge in [0.1, 0.15) is 9.53 Å². The van der Waals surface area contributed by atoms with E-state index in [2.05, 4.69) is 9.97 Å². The minimum Gasteiger partial charge on any atom is -0.470 e. The van der Waals surface area contributed by atoms with Gasteiger partial charge in [0.05, 0.1) is 11.2 Å². The van der Waals surface area contributed by atoms with Crippen LogP contribution in [0.1, 0.15) is 5.56 Å². The Bertz CT molecular complexity index is 1100. The number of alkyl halides is 2. The minimum atomic E-state index is -2.60. The molecule has 0 unspecified atom stereocenters. The number of ether oxygens (including phenoxy) is 1. The summed E-state index contributed by atoms with van der Waals surface area (Å²) in [6, 6.07) is 11.8. The third-order valence-corrected chi connectivity index (χ3v) is 5.07. The van der Waals surface area contributed by atoms with Crippen molar-refractivity contribution in [3.63, 3.8) is 0 Å². The van der Waals surface area contributed by atoms with E-state index in [4.69, 9.17) is 21.3 Å². The Morgan fingerprint density at radius 1 is 1.15 bits per heavy atom. The molecule has 0 fully saturated rings. The Balaban J connectivity index is 1.93. The summed E-state index contributed by atoms with van der Waals surface area (Å²) in [5.74, 6) is 0.0592. The molecular weight excluding hydrogens is 380 g/mol. The minimum absolute atomic E-state index is 0.0481. The van der Waals surface area contributed by atoms with Crippen molar-refractivity contribution in [2.45, 2.75) is 13.3 Å². The van der Waals surface area contributed by atoms with Gasteiger partial charge in [-0.3, -0.25) is 0 Å². The number of nitrogens with zero attached hydrogens (tertiary/aromatic N) is 3. The number of halogens is 3. The monoisotopic (exact) mass is 391 g/mol. The highest BCUT2D eigenvalue weighted by atomic mass is 35.5. The van der Waals surface area contributed by atoms with Gasteiger partial charge >= 0.3 is 0 Å². The Hall–Kier alpha value is -2.38. The highest BCUT2D eigenvalue weighted by Crippen LogP contribution is 2.39. The zero-order chi connectivity index (χ0) is 18.3. The van der Waals surface area contributed by atoms with Crippen LogP contribution in [-0.4, -0.2) is 28.0 Å². The predicted octanol–water partition coefficient (Wildman–Crippen LogP) is 5.51. The van der Waals surface area contributed by atoms with Crippen LogP contribution in [-0.2, 0) is 0 Å². The third-order valence-electron chi connectivity index (χ3n) is 3.84. The molecule has 0 amide bonds. The van der Waals surface area contributed by atoms with Gasteiger partial charge in [-0.2, -0.15) is 4.98 Å².